The third-order valence-corrected chi connectivity index (χ3v) is 7.92. The maximum Gasteiger partial charge on any atom is 0.143 e. The molecular formula is C34H19NO. The fraction of sp³-hybridized carbons (Fsp3) is 0. The fourth-order valence-electron chi connectivity index (χ4n) is 6.39. The minimum absolute atomic E-state index is 0.931. The van der Waals surface area contributed by atoms with Gasteiger partial charge in [0.05, 0.1) is 16.6 Å². The Morgan fingerprint density at radius 3 is 2.22 bits per heavy atom. The number of fused-ring (bicyclic) bond motifs is 11. The highest BCUT2D eigenvalue weighted by atomic mass is 16.3. The van der Waals surface area contributed by atoms with E-state index in [1.807, 2.05) is 12.1 Å². The Balaban J connectivity index is 1.40. The van der Waals surface area contributed by atoms with E-state index >= 15 is 0 Å². The predicted molar refractivity (Wildman–Crippen MR) is 151 cm³/mol. The van der Waals surface area contributed by atoms with Crippen molar-refractivity contribution in [2.24, 2.45) is 0 Å². The molecule has 0 radical (unpaired) electrons. The van der Waals surface area contributed by atoms with E-state index in [0.717, 1.165) is 27.5 Å². The second-order valence-corrected chi connectivity index (χ2v) is 9.73. The topological polar surface area (TPSA) is 17.6 Å². The highest BCUT2D eigenvalue weighted by Crippen LogP contribution is 2.43. The molecule has 0 atom stereocenters. The van der Waals surface area contributed by atoms with Crippen molar-refractivity contribution < 1.29 is 4.42 Å². The van der Waals surface area contributed by atoms with E-state index in [9.17, 15) is 0 Å². The fourth-order valence-corrected chi connectivity index (χ4v) is 6.39. The lowest BCUT2D eigenvalue weighted by molar-refractivity contribution is 0.670. The SMILES string of the molecule is c1ccc2c(c1)ccc1c2c2cccc3c4cc(-c5cccc6c5oc5ccccc56)ccc4n1c32. The summed E-state index contributed by atoms with van der Waals surface area (Å²) >= 11 is 0. The summed E-state index contributed by atoms with van der Waals surface area (Å²) in [5.74, 6) is 0. The van der Waals surface area contributed by atoms with Crippen molar-refractivity contribution in [1.82, 2.24) is 4.40 Å². The van der Waals surface area contributed by atoms with Crippen LogP contribution in [-0.2, 0) is 0 Å². The van der Waals surface area contributed by atoms with Crippen LogP contribution in [0.1, 0.15) is 0 Å². The summed E-state index contributed by atoms with van der Waals surface area (Å²) in [6.45, 7) is 0. The van der Waals surface area contributed by atoms with Gasteiger partial charge in [-0.05, 0) is 40.6 Å². The molecule has 6 aromatic carbocycles. The second-order valence-electron chi connectivity index (χ2n) is 9.73. The summed E-state index contributed by atoms with van der Waals surface area (Å²) < 4.78 is 8.81. The molecule has 3 heterocycles. The Kier molecular flexibility index (Phi) is 3.31. The number of furan rings is 1. The van der Waals surface area contributed by atoms with E-state index in [1.54, 1.807) is 0 Å². The summed E-state index contributed by atoms with van der Waals surface area (Å²) in [5.41, 5.74) is 8.00. The van der Waals surface area contributed by atoms with Gasteiger partial charge in [0.25, 0.3) is 0 Å². The smallest absolute Gasteiger partial charge is 0.143 e. The molecule has 0 bridgehead atoms. The van der Waals surface area contributed by atoms with Crippen LogP contribution in [0.4, 0.5) is 0 Å². The zero-order chi connectivity index (χ0) is 23.4. The van der Waals surface area contributed by atoms with E-state index in [2.05, 4.69) is 108 Å². The van der Waals surface area contributed by atoms with Gasteiger partial charge in [-0.2, -0.15) is 0 Å². The lowest BCUT2D eigenvalue weighted by atomic mass is 9.99. The van der Waals surface area contributed by atoms with Gasteiger partial charge in [-0.1, -0.05) is 91.0 Å². The van der Waals surface area contributed by atoms with E-state index in [0.29, 0.717) is 0 Å². The Hall–Kier alpha value is -4.82. The zero-order valence-corrected chi connectivity index (χ0v) is 19.3. The van der Waals surface area contributed by atoms with E-state index in [1.165, 1.54) is 54.4 Å². The van der Waals surface area contributed by atoms with Crippen LogP contribution in [0.5, 0.6) is 0 Å². The summed E-state index contributed by atoms with van der Waals surface area (Å²) in [6.07, 6.45) is 0. The molecule has 0 N–H and O–H groups in total. The van der Waals surface area contributed by atoms with Crippen LogP contribution in [0.2, 0.25) is 0 Å². The molecule has 0 spiro atoms. The molecule has 2 nitrogen and oxygen atoms in total. The van der Waals surface area contributed by atoms with Gasteiger partial charge in [0.2, 0.25) is 0 Å². The maximum absolute atomic E-state index is 6.36. The van der Waals surface area contributed by atoms with E-state index in [4.69, 9.17) is 4.42 Å². The molecule has 0 fully saturated rings. The van der Waals surface area contributed by atoms with Crippen molar-refractivity contribution in [1.29, 1.82) is 0 Å². The summed E-state index contributed by atoms with van der Waals surface area (Å²) in [4.78, 5) is 0. The van der Waals surface area contributed by atoms with Gasteiger partial charge < -0.3 is 8.82 Å². The average Bonchev–Trinajstić information content (AvgIpc) is 3.59. The maximum atomic E-state index is 6.36. The lowest BCUT2D eigenvalue weighted by Crippen LogP contribution is -1.83. The van der Waals surface area contributed by atoms with Gasteiger partial charge in [-0.25, -0.2) is 0 Å². The van der Waals surface area contributed by atoms with E-state index < -0.39 is 0 Å². The molecule has 0 amide bonds. The highest BCUT2D eigenvalue weighted by Gasteiger charge is 2.19. The first-order valence-electron chi connectivity index (χ1n) is 12.4. The molecule has 0 unspecified atom stereocenters. The number of hydrogen-bond acceptors (Lipinski definition) is 1. The first-order chi connectivity index (χ1) is 17.9. The van der Waals surface area contributed by atoms with Crippen LogP contribution in [0.15, 0.2) is 120 Å². The Labute approximate surface area is 205 Å². The molecule has 3 aromatic heterocycles. The number of rotatable bonds is 1. The Morgan fingerprint density at radius 1 is 0.500 bits per heavy atom. The van der Waals surface area contributed by atoms with Crippen LogP contribution >= 0.6 is 0 Å². The largest absolute Gasteiger partial charge is 0.455 e. The Morgan fingerprint density at radius 2 is 1.25 bits per heavy atom. The normalized spacial score (nSPS) is 12.4. The van der Waals surface area contributed by atoms with Crippen molar-refractivity contribution in [3.63, 3.8) is 0 Å². The summed E-state index contributed by atoms with van der Waals surface area (Å²) in [5, 5.41) is 10.1. The standard InChI is InChI=1S/C34H19NO/c1-2-8-22-20(7-1)15-18-30-32(22)27-13-6-11-25-28-19-21(16-17-29(28)35(30)33(25)27)23-10-5-12-26-24-9-3-4-14-31(24)36-34(23)26/h1-19H. The summed E-state index contributed by atoms with van der Waals surface area (Å²) in [7, 11) is 0. The number of benzene rings is 6. The van der Waals surface area contributed by atoms with Gasteiger partial charge in [0.1, 0.15) is 11.2 Å². The number of nitrogens with zero attached hydrogens (tertiary/aromatic N) is 1. The van der Waals surface area contributed by atoms with Crippen LogP contribution in [0.25, 0.3) is 81.9 Å². The van der Waals surface area contributed by atoms with Crippen LogP contribution < -0.4 is 0 Å². The van der Waals surface area contributed by atoms with Gasteiger partial charge in [0, 0.05) is 37.9 Å². The first kappa shape index (κ1) is 18.5. The minimum atomic E-state index is 0.931. The zero-order valence-electron chi connectivity index (χ0n) is 19.3. The molecule has 9 aromatic rings. The number of para-hydroxylation sites is 3. The third-order valence-electron chi connectivity index (χ3n) is 7.92. The summed E-state index contributed by atoms with van der Waals surface area (Å²) in [6, 6.07) is 41.6. The molecule has 0 saturated heterocycles. The molecule has 9 rings (SSSR count). The van der Waals surface area contributed by atoms with Crippen molar-refractivity contribution in [2.75, 3.05) is 0 Å². The van der Waals surface area contributed by atoms with Crippen LogP contribution in [-0.4, -0.2) is 4.40 Å². The molecule has 0 aliphatic rings. The minimum Gasteiger partial charge on any atom is -0.455 e. The monoisotopic (exact) mass is 457 g/mol. The van der Waals surface area contributed by atoms with Gasteiger partial charge in [0.15, 0.2) is 0 Å². The van der Waals surface area contributed by atoms with Crippen LogP contribution in [0, 0.1) is 0 Å². The highest BCUT2D eigenvalue weighted by molar-refractivity contribution is 6.28. The average molecular weight is 458 g/mol. The molecule has 0 saturated carbocycles. The molecule has 0 aliphatic heterocycles. The lowest BCUT2D eigenvalue weighted by Gasteiger charge is -2.05. The molecule has 2 heteroatoms. The number of aromatic nitrogens is 1. The molecular weight excluding hydrogens is 438 g/mol. The van der Waals surface area contributed by atoms with Gasteiger partial charge >= 0.3 is 0 Å². The van der Waals surface area contributed by atoms with Crippen molar-refractivity contribution >= 4 is 70.8 Å². The predicted octanol–water partition coefficient (Wildman–Crippen LogP) is 9.56. The first-order valence-corrected chi connectivity index (χ1v) is 12.4. The molecule has 0 aliphatic carbocycles. The van der Waals surface area contributed by atoms with Crippen LogP contribution in [0.3, 0.4) is 0 Å². The molecule has 36 heavy (non-hydrogen) atoms. The van der Waals surface area contributed by atoms with Crippen molar-refractivity contribution in [2.45, 2.75) is 0 Å². The second kappa shape index (κ2) is 6.44. The number of hydrogen-bond donors (Lipinski definition) is 0. The van der Waals surface area contributed by atoms with Gasteiger partial charge in [-0.3, -0.25) is 0 Å². The van der Waals surface area contributed by atoms with Gasteiger partial charge in [-0.15, -0.1) is 0 Å². The van der Waals surface area contributed by atoms with Crippen molar-refractivity contribution in [3.05, 3.63) is 115 Å². The third kappa shape index (κ3) is 2.18. The Bertz CT molecular complexity index is 2310. The van der Waals surface area contributed by atoms with Crippen molar-refractivity contribution in [3.8, 4) is 11.1 Å². The quantitative estimate of drug-likeness (QED) is 0.240. The molecule has 166 valence electrons. The van der Waals surface area contributed by atoms with E-state index in [-0.39, 0.29) is 0 Å².